The third kappa shape index (κ3) is 3.54. The molecule has 162 valence electrons. The summed E-state index contributed by atoms with van der Waals surface area (Å²) in [7, 11) is 0. The molecule has 2 fully saturated rings. The van der Waals surface area contributed by atoms with Crippen LogP contribution in [0.5, 0.6) is 0 Å². The molecule has 31 heavy (non-hydrogen) atoms. The molecule has 0 saturated carbocycles. The van der Waals surface area contributed by atoms with Crippen LogP contribution in [-0.2, 0) is 22.5 Å². The summed E-state index contributed by atoms with van der Waals surface area (Å²) >= 11 is 0. The van der Waals surface area contributed by atoms with Crippen LogP contribution in [0.1, 0.15) is 18.2 Å². The van der Waals surface area contributed by atoms with Gasteiger partial charge in [0, 0.05) is 50.7 Å². The monoisotopic (exact) mass is 421 g/mol. The summed E-state index contributed by atoms with van der Waals surface area (Å²) < 4.78 is 7.06. The average Bonchev–Trinajstić information content (AvgIpc) is 3.25. The molecular weight excluding hydrogens is 394 g/mol. The van der Waals surface area contributed by atoms with Gasteiger partial charge in [0.25, 0.3) is 5.91 Å². The third-order valence-electron chi connectivity index (χ3n) is 6.31. The van der Waals surface area contributed by atoms with Gasteiger partial charge in [-0.25, -0.2) is 4.68 Å². The number of amides is 1. The first-order valence-electron chi connectivity index (χ1n) is 10.5. The van der Waals surface area contributed by atoms with E-state index in [-0.39, 0.29) is 17.0 Å². The van der Waals surface area contributed by atoms with Gasteiger partial charge >= 0.3 is 0 Å². The fraction of sp³-hybridized carbons (Fsp3) is 0.409. The fourth-order valence-electron chi connectivity index (χ4n) is 4.45. The minimum Gasteiger partial charge on any atom is -0.394 e. The summed E-state index contributed by atoms with van der Waals surface area (Å²) in [6.45, 7) is 6.21. The number of pyridine rings is 1. The Kier molecular flexibility index (Phi) is 4.70. The van der Waals surface area contributed by atoms with Gasteiger partial charge < -0.3 is 26.0 Å². The summed E-state index contributed by atoms with van der Waals surface area (Å²) in [5, 5.41) is 4.28. The standard InChI is InChI=1S/C22H27N7O2/c1-15(7-18(23)21(30)28-11-22(12-28)13-31-14-22)20(24)27-6-3-19-16(10-27)8-17(9-25-19)29-5-2-4-26-29/h2,4-5,7-9H,3,6,10-14,23-24H2,1H3/b18-7-,20-15+. The van der Waals surface area contributed by atoms with E-state index in [0.29, 0.717) is 25.5 Å². The van der Waals surface area contributed by atoms with Crippen molar-refractivity contribution in [3.8, 4) is 5.69 Å². The van der Waals surface area contributed by atoms with Gasteiger partial charge in [-0.3, -0.25) is 9.78 Å². The maximum Gasteiger partial charge on any atom is 0.269 e. The molecular formula is C22H27N7O2. The number of fused-ring (bicyclic) bond motifs is 1. The number of likely N-dealkylation sites (tertiary alicyclic amines) is 1. The van der Waals surface area contributed by atoms with Gasteiger partial charge in [0.1, 0.15) is 5.82 Å². The minimum atomic E-state index is -0.137. The molecule has 0 aromatic carbocycles. The molecule has 3 aliphatic rings. The molecule has 0 atom stereocenters. The van der Waals surface area contributed by atoms with E-state index in [2.05, 4.69) is 21.0 Å². The molecule has 2 aromatic rings. The summed E-state index contributed by atoms with van der Waals surface area (Å²) in [5.41, 5.74) is 16.9. The van der Waals surface area contributed by atoms with Crippen molar-refractivity contribution in [2.75, 3.05) is 32.8 Å². The molecule has 0 aliphatic carbocycles. The molecule has 0 bridgehead atoms. The van der Waals surface area contributed by atoms with Crippen molar-refractivity contribution in [1.29, 1.82) is 0 Å². The number of rotatable bonds is 4. The molecule has 0 unspecified atom stereocenters. The van der Waals surface area contributed by atoms with E-state index >= 15 is 0 Å². The van der Waals surface area contributed by atoms with Crippen LogP contribution in [0.25, 0.3) is 5.69 Å². The normalized spacial score (nSPS) is 20.6. The van der Waals surface area contributed by atoms with Crippen LogP contribution < -0.4 is 11.5 Å². The second-order valence-corrected chi connectivity index (χ2v) is 8.74. The van der Waals surface area contributed by atoms with Gasteiger partial charge in [0.05, 0.1) is 36.2 Å². The van der Waals surface area contributed by atoms with Crippen molar-refractivity contribution in [2.45, 2.75) is 19.9 Å². The lowest BCUT2D eigenvalue weighted by Gasteiger charge is -2.54. The molecule has 5 heterocycles. The Hall–Kier alpha value is -3.33. The van der Waals surface area contributed by atoms with E-state index in [4.69, 9.17) is 16.2 Å². The number of carbonyl (C=O) groups excluding carboxylic acids is 1. The summed E-state index contributed by atoms with van der Waals surface area (Å²) in [6.07, 6.45) is 7.97. The van der Waals surface area contributed by atoms with E-state index < -0.39 is 0 Å². The first-order valence-corrected chi connectivity index (χ1v) is 10.5. The van der Waals surface area contributed by atoms with E-state index in [1.54, 1.807) is 21.9 Å². The number of hydrogen-bond donors (Lipinski definition) is 2. The molecule has 9 heteroatoms. The summed E-state index contributed by atoms with van der Waals surface area (Å²) in [4.78, 5) is 21.1. The minimum absolute atomic E-state index is 0.137. The SMILES string of the molecule is CC(/C=C(\N)C(=O)N1CC2(COC2)C1)=C(/N)N1CCc2ncc(-n3cccn3)cc2C1. The summed E-state index contributed by atoms with van der Waals surface area (Å²) in [6, 6.07) is 3.98. The molecule has 1 spiro atoms. The Morgan fingerprint density at radius 3 is 2.74 bits per heavy atom. The zero-order chi connectivity index (χ0) is 21.6. The van der Waals surface area contributed by atoms with Crippen LogP contribution in [0.4, 0.5) is 0 Å². The van der Waals surface area contributed by atoms with Gasteiger partial charge in [-0.2, -0.15) is 5.10 Å². The van der Waals surface area contributed by atoms with Crippen molar-refractivity contribution in [2.24, 2.45) is 16.9 Å². The van der Waals surface area contributed by atoms with E-state index in [0.717, 1.165) is 48.7 Å². The van der Waals surface area contributed by atoms with Crippen molar-refractivity contribution < 1.29 is 9.53 Å². The van der Waals surface area contributed by atoms with Gasteiger partial charge in [-0.15, -0.1) is 0 Å². The number of carbonyl (C=O) groups is 1. The van der Waals surface area contributed by atoms with E-state index in [9.17, 15) is 4.79 Å². The maximum atomic E-state index is 12.6. The lowest BCUT2D eigenvalue weighted by atomic mass is 9.78. The summed E-state index contributed by atoms with van der Waals surface area (Å²) in [5.74, 6) is 0.486. The van der Waals surface area contributed by atoms with E-state index in [1.165, 1.54) is 0 Å². The third-order valence-corrected chi connectivity index (χ3v) is 6.31. The molecule has 5 rings (SSSR count). The Bertz CT molecular complexity index is 1060. The van der Waals surface area contributed by atoms with Crippen LogP contribution in [-0.4, -0.2) is 63.3 Å². The maximum absolute atomic E-state index is 12.6. The quantitative estimate of drug-likeness (QED) is 0.546. The van der Waals surface area contributed by atoms with Gasteiger partial charge in [0.2, 0.25) is 0 Å². The van der Waals surface area contributed by atoms with Crippen molar-refractivity contribution in [3.63, 3.8) is 0 Å². The molecule has 2 aromatic heterocycles. The fourth-order valence-corrected chi connectivity index (χ4v) is 4.45. The average molecular weight is 422 g/mol. The van der Waals surface area contributed by atoms with Crippen molar-refractivity contribution >= 4 is 5.91 Å². The molecule has 1 amide bonds. The van der Waals surface area contributed by atoms with Crippen molar-refractivity contribution in [1.82, 2.24) is 24.6 Å². The molecule has 4 N–H and O–H groups in total. The van der Waals surface area contributed by atoms with Crippen LogP contribution in [0.15, 0.2) is 53.9 Å². The largest absolute Gasteiger partial charge is 0.394 e. The van der Waals surface area contributed by atoms with Crippen LogP contribution in [0, 0.1) is 5.41 Å². The predicted octanol–water partition coefficient (Wildman–Crippen LogP) is 0.517. The second kappa shape index (κ2) is 7.42. The van der Waals surface area contributed by atoms with E-state index in [1.807, 2.05) is 25.4 Å². The smallest absolute Gasteiger partial charge is 0.269 e. The molecule has 3 aliphatic heterocycles. The molecule has 9 nitrogen and oxygen atoms in total. The first kappa shape index (κ1) is 19.6. The number of nitrogens with two attached hydrogens (primary N) is 2. The highest BCUT2D eigenvalue weighted by molar-refractivity contribution is 5.93. The van der Waals surface area contributed by atoms with Crippen molar-refractivity contribution in [3.05, 3.63) is 65.1 Å². The number of nitrogens with zero attached hydrogens (tertiary/aromatic N) is 5. The van der Waals surface area contributed by atoms with Gasteiger partial charge in [-0.05, 0) is 36.3 Å². The highest BCUT2D eigenvalue weighted by atomic mass is 16.5. The lowest BCUT2D eigenvalue weighted by Crippen LogP contribution is -2.67. The Morgan fingerprint density at radius 2 is 2.06 bits per heavy atom. The Morgan fingerprint density at radius 1 is 1.26 bits per heavy atom. The zero-order valence-electron chi connectivity index (χ0n) is 17.6. The highest BCUT2D eigenvalue weighted by Crippen LogP contribution is 2.37. The number of ether oxygens (including phenoxy) is 1. The predicted molar refractivity (Wildman–Crippen MR) is 114 cm³/mol. The number of hydrogen-bond acceptors (Lipinski definition) is 7. The van der Waals surface area contributed by atoms with Crippen LogP contribution in [0.3, 0.4) is 0 Å². The number of aromatic nitrogens is 3. The molecule has 2 saturated heterocycles. The van der Waals surface area contributed by atoms with Gasteiger partial charge in [0.15, 0.2) is 0 Å². The lowest BCUT2D eigenvalue weighted by molar-refractivity contribution is -0.192. The first-order chi connectivity index (χ1) is 14.9. The Labute approximate surface area is 181 Å². The zero-order valence-corrected chi connectivity index (χ0v) is 17.6. The molecule has 0 radical (unpaired) electrons. The topological polar surface area (TPSA) is 116 Å². The second-order valence-electron chi connectivity index (χ2n) is 8.74. The highest BCUT2D eigenvalue weighted by Gasteiger charge is 2.50. The Balaban J connectivity index is 1.29. The van der Waals surface area contributed by atoms with Crippen LogP contribution >= 0.6 is 0 Å². The van der Waals surface area contributed by atoms with Crippen LogP contribution in [0.2, 0.25) is 0 Å². The number of allylic oxidation sites excluding steroid dienone is 2. The van der Waals surface area contributed by atoms with Gasteiger partial charge in [-0.1, -0.05) is 0 Å².